The molecule has 2 heterocycles. The molecule has 0 spiro atoms. The zero-order chi connectivity index (χ0) is 21.3. The van der Waals surface area contributed by atoms with Crippen LogP contribution in [0.5, 0.6) is 0 Å². The molecule has 1 aliphatic heterocycles. The fraction of sp³-hybridized carbons (Fsp3) is 0.500. The number of aliphatic hydroxyl groups excluding tert-OH is 1. The van der Waals surface area contributed by atoms with Gasteiger partial charge in [-0.05, 0) is 44.7 Å². The molecule has 0 amide bonds. The molecule has 3 unspecified atom stereocenters. The molecule has 2 aliphatic rings. The van der Waals surface area contributed by atoms with Gasteiger partial charge in [0, 0.05) is 22.2 Å². The average molecular weight is 440 g/mol. The summed E-state index contributed by atoms with van der Waals surface area (Å²) >= 11 is 1.62. The highest BCUT2D eigenvalue weighted by molar-refractivity contribution is 8.00. The molecular weight excluding hydrogens is 415 g/mol. The number of benzene rings is 1. The number of hydrogen-bond donors (Lipinski definition) is 4. The van der Waals surface area contributed by atoms with Crippen molar-refractivity contribution >= 4 is 29.2 Å². The van der Waals surface area contributed by atoms with Gasteiger partial charge in [-0.3, -0.25) is 0 Å². The number of nitrogens with zero attached hydrogens (tertiary/aromatic N) is 2. The van der Waals surface area contributed by atoms with E-state index in [2.05, 4.69) is 25.9 Å². The minimum Gasteiger partial charge on any atom is -0.393 e. The van der Waals surface area contributed by atoms with Crippen LogP contribution in [-0.2, 0) is 0 Å². The monoisotopic (exact) mass is 439 g/mol. The Hall–Kier alpha value is -2.20. The zero-order valence-corrected chi connectivity index (χ0v) is 17.3. The predicted octanol–water partition coefficient (Wildman–Crippen LogP) is 4.69. The fourth-order valence-corrected chi connectivity index (χ4v) is 5.12. The number of rotatable bonds is 5. The van der Waals surface area contributed by atoms with Gasteiger partial charge in [0.05, 0.1) is 11.8 Å². The molecule has 10 heteroatoms. The van der Waals surface area contributed by atoms with Crippen molar-refractivity contribution < 1.29 is 18.3 Å². The summed E-state index contributed by atoms with van der Waals surface area (Å²) in [6.45, 7) is 0.581. The van der Waals surface area contributed by atoms with Crippen LogP contribution in [0, 0.1) is 6.92 Å². The Morgan fingerprint density at radius 3 is 2.77 bits per heavy atom. The molecule has 1 aromatic heterocycles. The number of hydrogen-bond acceptors (Lipinski definition) is 7. The van der Waals surface area contributed by atoms with Gasteiger partial charge in [0.2, 0.25) is 5.95 Å². The van der Waals surface area contributed by atoms with Crippen LogP contribution in [0.2, 0.25) is 0 Å². The minimum atomic E-state index is -4.36. The van der Waals surface area contributed by atoms with Gasteiger partial charge in [0.15, 0.2) is 0 Å². The maximum absolute atomic E-state index is 12.7. The first kappa shape index (κ1) is 21.0. The van der Waals surface area contributed by atoms with E-state index >= 15 is 0 Å². The Labute approximate surface area is 177 Å². The Bertz CT molecular complexity index is 885. The van der Waals surface area contributed by atoms with Gasteiger partial charge in [-0.25, -0.2) is 4.98 Å². The van der Waals surface area contributed by atoms with E-state index in [4.69, 9.17) is 0 Å². The topological polar surface area (TPSA) is 82.1 Å². The van der Waals surface area contributed by atoms with E-state index in [0.717, 1.165) is 35.4 Å². The third kappa shape index (κ3) is 4.92. The van der Waals surface area contributed by atoms with Gasteiger partial charge >= 0.3 is 6.18 Å². The van der Waals surface area contributed by atoms with Gasteiger partial charge in [-0.1, -0.05) is 23.9 Å². The van der Waals surface area contributed by atoms with Crippen LogP contribution in [0.15, 0.2) is 29.2 Å². The molecule has 0 saturated heterocycles. The Morgan fingerprint density at radius 2 is 2.03 bits per heavy atom. The van der Waals surface area contributed by atoms with E-state index < -0.39 is 12.7 Å². The van der Waals surface area contributed by atoms with Crippen LogP contribution in [0.25, 0.3) is 0 Å². The first-order valence-corrected chi connectivity index (χ1v) is 10.8. The SMILES string of the molecule is Cc1nc(NCC(F)(F)F)nc(NC2CCCC(O)C2)c1C1Nc2ccccc2S1. The molecule has 1 fully saturated rings. The molecule has 1 aromatic carbocycles. The standard InChI is InChI=1S/C20H24F3N5OS/c1-11-16(18-27-14-7-2-3-8-15(14)30-18)17(26-12-5-4-6-13(29)9-12)28-19(25-11)24-10-20(21,22)23/h2-3,7-8,12-13,18,27,29H,4-6,9-10H2,1H3,(H2,24,25,26,28). The number of aryl methyl sites for hydroxylation is 1. The maximum Gasteiger partial charge on any atom is 0.405 e. The number of fused-ring (bicyclic) bond motifs is 1. The molecule has 30 heavy (non-hydrogen) atoms. The van der Waals surface area contributed by atoms with Crippen molar-refractivity contribution in [3.63, 3.8) is 0 Å². The predicted molar refractivity (Wildman–Crippen MR) is 112 cm³/mol. The molecular formula is C20H24F3N5OS. The number of nitrogens with one attached hydrogen (secondary N) is 3. The lowest BCUT2D eigenvalue weighted by Gasteiger charge is -2.29. The first-order chi connectivity index (χ1) is 14.3. The highest BCUT2D eigenvalue weighted by Gasteiger charge is 2.31. The van der Waals surface area contributed by atoms with E-state index in [1.54, 1.807) is 18.7 Å². The number of halogens is 3. The van der Waals surface area contributed by atoms with Crippen LogP contribution in [-0.4, -0.2) is 39.9 Å². The van der Waals surface area contributed by atoms with Crippen molar-refractivity contribution in [3.05, 3.63) is 35.5 Å². The summed E-state index contributed by atoms with van der Waals surface area (Å²) in [6, 6.07) is 7.93. The summed E-state index contributed by atoms with van der Waals surface area (Å²) < 4.78 is 38.0. The normalized spacial score (nSPS) is 23.6. The summed E-state index contributed by atoms with van der Waals surface area (Å²) in [6.07, 6.45) is -1.63. The summed E-state index contributed by atoms with van der Waals surface area (Å²) in [4.78, 5) is 9.78. The van der Waals surface area contributed by atoms with Crippen LogP contribution in [0.4, 0.5) is 30.6 Å². The number of aromatic nitrogens is 2. The van der Waals surface area contributed by atoms with E-state index in [-0.39, 0.29) is 23.5 Å². The van der Waals surface area contributed by atoms with Crippen molar-refractivity contribution in [2.45, 2.75) is 61.2 Å². The minimum absolute atomic E-state index is 0.00560. The lowest BCUT2D eigenvalue weighted by molar-refractivity contribution is -0.115. The maximum atomic E-state index is 12.7. The second-order valence-electron chi connectivity index (χ2n) is 7.66. The van der Waals surface area contributed by atoms with Gasteiger partial charge in [0.25, 0.3) is 0 Å². The molecule has 1 aliphatic carbocycles. The number of thioether (sulfide) groups is 1. The fourth-order valence-electron chi connectivity index (χ4n) is 3.87. The largest absolute Gasteiger partial charge is 0.405 e. The molecule has 4 rings (SSSR count). The first-order valence-electron chi connectivity index (χ1n) is 9.94. The highest BCUT2D eigenvalue weighted by Crippen LogP contribution is 2.48. The van der Waals surface area contributed by atoms with Crippen LogP contribution in [0.3, 0.4) is 0 Å². The second-order valence-corrected chi connectivity index (χ2v) is 8.81. The number of para-hydroxylation sites is 1. The van der Waals surface area contributed by atoms with Crippen LogP contribution in [0.1, 0.15) is 42.3 Å². The van der Waals surface area contributed by atoms with Crippen molar-refractivity contribution in [1.82, 2.24) is 9.97 Å². The number of anilines is 3. The van der Waals surface area contributed by atoms with Crippen LogP contribution >= 0.6 is 11.8 Å². The lowest BCUT2D eigenvalue weighted by Crippen LogP contribution is -2.31. The molecule has 162 valence electrons. The third-order valence-corrected chi connectivity index (χ3v) is 6.45. The molecule has 4 N–H and O–H groups in total. The summed E-state index contributed by atoms with van der Waals surface area (Å²) in [5, 5.41) is 19.0. The van der Waals surface area contributed by atoms with Crippen molar-refractivity contribution in [2.24, 2.45) is 0 Å². The number of alkyl halides is 3. The lowest BCUT2D eigenvalue weighted by atomic mass is 9.93. The van der Waals surface area contributed by atoms with Crippen molar-refractivity contribution in [1.29, 1.82) is 0 Å². The van der Waals surface area contributed by atoms with E-state index in [1.807, 2.05) is 24.3 Å². The molecule has 1 saturated carbocycles. The quantitative estimate of drug-likeness (QED) is 0.538. The smallest absolute Gasteiger partial charge is 0.393 e. The van der Waals surface area contributed by atoms with Gasteiger partial charge in [-0.15, -0.1) is 0 Å². The molecule has 2 aromatic rings. The van der Waals surface area contributed by atoms with E-state index in [0.29, 0.717) is 17.9 Å². The zero-order valence-electron chi connectivity index (χ0n) is 16.5. The molecule has 6 nitrogen and oxygen atoms in total. The Balaban J connectivity index is 1.63. The Kier molecular flexibility index (Phi) is 5.97. The highest BCUT2D eigenvalue weighted by atomic mass is 32.2. The van der Waals surface area contributed by atoms with Gasteiger partial charge in [-0.2, -0.15) is 18.2 Å². The molecule has 0 bridgehead atoms. The van der Waals surface area contributed by atoms with Crippen molar-refractivity contribution in [3.8, 4) is 0 Å². The van der Waals surface area contributed by atoms with Crippen LogP contribution < -0.4 is 16.0 Å². The van der Waals surface area contributed by atoms with E-state index in [1.165, 1.54) is 0 Å². The summed E-state index contributed by atoms with van der Waals surface area (Å²) in [7, 11) is 0. The molecule has 0 radical (unpaired) electrons. The summed E-state index contributed by atoms with van der Waals surface area (Å²) in [5.74, 6) is 0.442. The number of aliphatic hydroxyl groups is 1. The van der Waals surface area contributed by atoms with Gasteiger partial charge < -0.3 is 21.1 Å². The van der Waals surface area contributed by atoms with E-state index in [9.17, 15) is 18.3 Å². The second kappa shape index (κ2) is 8.50. The summed E-state index contributed by atoms with van der Waals surface area (Å²) in [5.41, 5.74) is 2.42. The Morgan fingerprint density at radius 1 is 1.23 bits per heavy atom. The van der Waals surface area contributed by atoms with Gasteiger partial charge in [0.1, 0.15) is 17.7 Å². The van der Waals surface area contributed by atoms with Crippen molar-refractivity contribution in [2.75, 3.05) is 22.5 Å². The molecule has 3 atom stereocenters. The third-order valence-electron chi connectivity index (χ3n) is 5.25. The average Bonchev–Trinajstić information content (AvgIpc) is 3.09.